The Balaban J connectivity index is 1.87. The van der Waals surface area contributed by atoms with E-state index < -0.39 is 0 Å². The summed E-state index contributed by atoms with van der Waals surface area (Å²) in [6, 6.07) is 5.87. The topological polar surface area (TPSA) is 35.2 Å². The minimum Gasteiger partial charge on any atom is -0.493 e. The van der Waals surface area contributed by atoms with E-state index in [1.54, 1.807) is 0 Å². The SMILES string of the molecule is Cc1cc(N)cc(OCCC2CC2)c1. The first-order valence-corrected chi connectivity index (χ1v) is 5.24. The summed E-state index contributed by atoms with van der Waals surface area (Å²) in [7, 11) is 0. The maximum absolute atomic E-state index is 5.72. The lowest BCUT2D eigenvalue weighted by Crippen LogP contribution is -1.99. The molecule has 1 aliphatic rings. The Morgan fingerprint density at radius 3 is 2.79 bits per heavy atom. The number of nitrogen functional groups attached to an aromatic ring is 1. The summed E-state index contributed by atoms with van der Waals surface area (Å²) >= 11 is 0. The van der Waals surface area contributed by atoms with E-state index in [1.165, 1.54) is 19.3 Å². The zero-order valence-electron chi connectivity index (χ0n) is 8.62. The fraction of sp³-hybridized carbons (Fsp3) is 0.500. The third-order valence-corrected chi connectivity index (χ3v) is 2.56. The molecule has 0 saturated heterocycles. The highest BCUT2D eigenvalue weighted by atomic mass is 16.5. The molecule has 1 fully saturated rings. The average molecular weight is 191 g/mol. The summed E-state index contributed by atoms with van der Waals surface area (Å²) in [5.41, 5.74) is 7.67. The maximum Gasteiger partial charge on any atom is 0.121 e. The van der Waals surface area contributed by atoms with E-state index in [2.05, 4.69) is 0 Å². The smallest absolute Gasteiger partial charge is 0.121 e. The Bertz CT molecular complexity index is 298. The lowest BCUT2D eigenvalue weighted by atomic mass is 10.2. The van der Waals surface area contributed by atoms with Crippen molar-refractivity contribution >= 4 is 5.69 Å². The Hall–Kier alpha value is -1.18. The molecule has 2 N–H and O–H groups in total. The van der Waals surface area contributed by atoms with Crippen molar-refractivity contribution in [3.63, 3.8) is 0 Å². The monoisotopic (exact) mass is 191 g/mol. The molecule has 1 saturated carbocycles. The van der Waals surface area contributed by atoms with E-state index >= 15 is 0 Å². The van der Waals surface area contributed by atoms with Gasteiger partial charge >= 0.3 is 0 Å². The van der Waals surface area contributed by atoms with Crippen LogP contribution in [0.3, 0.4) is 0 Å². The molecule has 2 nitrogen and oxygen atoms in total. The van der Waals surface area contributed by atoms with Crippen LogP contribution in [-0.4, -0.2) is 6.61 Å². The first kappa shape index (κ1) is 9.38. The van der Waals surface area contributed by atoms with Crippen LogP contribution in [0.15, 0.2) is 18.2 Å². The summed E-state index contributed by atoms with van der Waals surface area (Å²) in [5, 5.41) is 0. The van der Waals surface area contributed by atoms with E-state index in [1.807, 2.05) is 25.1 Å². The van der Waals surface area contributed by atoms with Crippen molar-refractivity contribution in [2.24, 2.45) is 5.92 Å². The molecule has 76 valence electrons. The third-order valence-electron chi connectivity index (χ3n) is 2.56. The lowest BCUT2D eigenvalue weighted by molar-refractivity contribution is 0.302. The highest BCUT2D eigenvalue weighted by Gasteiger charge is 2.20. The maximum atomic E-state index is 5.72. The van der Waals surface area contributed by atoms with Crippen LogP contribution in [0.25, 0.3) is 0 Å². The van der Waals surface area contributed by atoms with Crippen LogP contribution < -0.4 is 10.5 Å². The van der Waals surface area contributed by atoms with Gasteiger partial charge in [0.2, 0.25) is 0 Å². The largest absolute Gasteiger partial charge is 0.493 e. The summed E-state index contributed by atoms with van der Waals surface area (Å²) < 4.78 is 5.64. The van der Waals surface area contributed by atoms with Crippen molar-refractivity contribution in [2.45, 2.75) is 26.2 Å². The number of hydrogen-bond donors (Lipinski definition) is 1. The first-order chi connectivity index (χ1) is 6.74. The van der Waals surface area contributed by atoms with Crippen molar-refractivity contribution in [1.29, 1.82) is 0 Å². The Labute approximate surface area is 85.1 Å². The van der Waals surface area contributed by atoms with E-state index in [0.717, 1.165) is 29.5 Å². The summed E-state index contributed by atoms with van der Waals surface area (Å²) in [4.78, 5) is 0. The van der Waals surface area contributed by atoms with Crippen molar-refractivity contribution in [3.05, 3.63) is 23.8 Å². The molecule has 0 atom stereocenters. The van der Waals surface area contributed by atoms with Crippen LogP contribution in [0, 0.1) is 12.8 Å². The number of hydrogen-bond acceptors (Lipinski definition) is 2. The zero-order valence-corrected chi connectivity index (χ0v) is 8.62. The van der Waals surface area contributed by atoms with Crippen LogP contribution in [0.2, 0.25) is 0 Å². The normalized spacial score (nSPS) is 15.5. The standard InChI is InChI=1S/C12H17NO/c1-9-6-11(13)8-12(7-9)14-5-4-10-2-3-10/h6-8,10H,2-5,13H2,1H3. The minimum atomic E-state index is 0.784. The van der Waals surface area contributed by atoms with Crippen LogP contribution in [0.1, 0.15) is 24.8 Å². The van der Waals surface area contributed by atoms with Gasteiger partial charge in [-0.25, -0.2) is 0 Å². The van der Waals surface area contributed by atoms with Crippen LogP contribution >= 0.6 is 0 Å². The Morgan fingerprint density at radius 2 is 2.14 bits per heavy atom. The highest BCUT2D eigenvalue weighted by molar-refractivity contribution is 5.47. The molecule has 0 aliphatic heterocycles. The van der Waals surface area contributed by atoms with Crippen molar-refractivity contribution in [3.8, 4) is 5.75 Å². The molecular weight excluding hydrogens is 174 g/mol. The van der Waals surface area contributed by atoms with E-state index in [9.17, 15) is 0 Å². The molecule has 0 aromatic heterocycles. The molecule has 14 heavy (non-hydrogen) atoms. The highest BCUT2D eigenvalue weighted by Crippen LogP contribution is 2.32. The second-order valence-electron chi connectivity index (χ2n) is 4.16. The van der Waals surface area contributed by atoms with Crippen LogP contribution in [0.5, 0.6) is 5.75 Å². The molecular formula is C12H17NO. The number of nitrogens with two attached hydrogens (primary N) is 1. The van der Waals surface area contributed by atoms with Gasteiger partial charge in [0.25, 0.3) is 0 Å². The number of aryl methyl sites for hydroxylation is 1. The van der Waals surface area contributed by atoms with E-state index in [-0.39, 0.29) is 0 Å². The lowest BCUT2D eigenvalue weighted by Gasteiger charge is -2.07. The van der Waals surface area contributed by atoms with Crippen LogP contribution in [-0.2, 0) is 0 Å². The fourth-order valence-corrected chi connectivity index (χ4v) is 1.61. The quantitative estimate of drug-likeness (QED) is 0.743. The average Bonchev–Trinajstić information content (AvgIpc) is 2.86. The molecule has 0 amide bonds. The molecule has 0 bridgehead atoms. The first-order valence-electron chi connectivity index (χ1n) is 5.24. The number of ether oxygens (including phenoxy) is 1. The van der Waals surface area contributed by atoms with Gasteiger partial charge in [-0.05, 0) is 37.0 Å². The molecule has 1 aliphatic carbocycles. The van der Waals surface area contributed by atoms with Gasteiger partial charge in [-0.3, -0.25) is 0 Å². The fourth-order valence-electron chi connectivity index (χ4n) is 1.61. The number of rotatable bonds is 4. The zero-order chi connectivity index (χ0) is 9.97. The van der Waals surface area contributed by atoms with E-state index in [0.29, 0.717) is 0 Å². The van der Waals surface area contributed by atoms with Crippen molar-refractivity contribution in [1.82, 2.24) is 0 Å². The summed E-state index contributed by atoms with van der Waals surface area (Å²) in [5.74, 6) is 1.83. The minimum absolute atomic E-state index is 0.784. The third kappa shape index (κ3) is 2.66. The Kier molecular flexibility index (Phi) is 2.62. The molecule has 0 unspecified atom stereocenters. The van der Waals surface area contributed by atoms with Gasteiger partial charge in [0, 0.05) is 11.8 Å². The second kappa shape index (κ2) is 3.91. The molecule has 1 aromatic carbocycles. The molecule has 0 spiro atoms. The number of benzene rings is 1. The predicted octanol–water partition coefficient (Wildman–Crippen LogP) is 2.76. The van der Waals surface area contributed by atoms with Gasteiger partial charge in [0.1, 0.15) is 5.75 Å². The van der Waals surface area contributed by atoms with Gasteiger partial charge < -0.3 is 10.5 Å². The van der Waals surface area contributed by atoms with Gasteiger partial charge in [-0.1, -0.05) is 12.8 Å². The van der Waals surface area contributed by atoms with Gasteiger partial charge in [-0.15, -0.1) is 0 Å². The van der Waals surface area contributed by atoms with Gasteiger partial charge in [-0.2, -0.15) is 0 Å². The van der Waals surface area contributed by atoms with Gasteiger partial charge in [0.15, 0.2) is 0 Å². The summed E-state index contributed by atoms with van der Waals surface area (Å²) in [6.07, 6.45) is 3.96. The summed E-state index contributed by atoms with van der Waals surface area (Å²) in [6.45, 7) is 2.86. The van der Waals surface area contributed by atoms with Crippen molar-refractivity contribution < 1.29 is 4.74 Å². The van der Waals surface area contributed by atoms with Crippen LogP contribution in [0.4, 0.5) is 5.69 Å². The number of anilines is 1. The molecule has 0 radical (unpaired) electrons. The second-order valence-corrected chi connectivity index (χ2v) is 4.16. The molecule has 0 heterocycles. The molecule has 1 aromatic rings. The van der Waals surface area contributed by atoms with E-state index in [4.69, 9.17) is 10.5 Å². The molecule has 2 rings (SSSR count). The predicted molar refractivity (Wildman–Crippen MR) is 58.4 cm³/mol. The van der Waals surface area contributed by atoms with Gasteiger partial charge in [0.05, 0.1) is 6.61 Å². The Morgan fingerprint density at radius 1 is 1.36 bits per heavy atom. The molecule has 2 heteroatoms. The van der Waals surface area contributed by atoms with Crippen molar-refractivity contribution in [2.75, 3.05) is 12.3 Å².